The van der Waals surface area contributed by atoms with Crippen molar-refractivity contribution in [2.24, 2.45) is 0 Å². The lowest BCUT2D eigenvalue weighted by molar-refractivity contribution is -0.127. The van der Waals surface area contributed by atoms with Crippen LogP contribution in [0.4, 0.5) is 15.8 Å². The maximum atomic E-state index is 12.8. The van der Waals surface area contributed by atoms with E-state index in [2.05, 4.69) is 16.0 Å². The lowest BCUT2D eigenvalue weighted by Gasteiger charge is -2.08. The van der Waals surface area contributed by atoms with Crippen molar-refractivity contribution < 1.29 is 18.8 Å². The number of anilines is 2. The van der Waals surface area contributed by atoms with Gasteiger partial charge < -0.3 is 16.0 Å². The molecule has 2 rings (SSSR count). The van der Waals surface area contributed by atoms with Crippen molar-refractivity contribution in [2.45, 2.75) is 19.9 Å². The quantitative estimate of drug-likeness (QED) is 0.704. The first-order chi connectivity index (χ1) is 11.9. The first-order valence-electron chi connectivity index (χ1n) is 7.61. The summed E-state index contributed by atoms with van der Waals surface area (Å²) < 4.78 is 12.8. The van der Waals surface area contributed by atoms with Gasteiger partial charge in [0.1, 0.15) is 12.2 Å². The van der Waals surface area contributed by atoms with Crippen molar-refractivity contribution in [1.82, 2.24) is 5.32 Å². The van der Waals surface area contributed by atoms with E-state index in [0.717, 1.165) is 5.56 Å². The largest absolute Gasteiger partial charge is 0.352 e. The molecule has 2 aromatic rings. The fraction of sp³-hybridized carbons (Fsp3) is 0.167. The van der Waals surface area contributed by atoms with Gasteiger partial charge in [0.25, 0.3) is 0 Å². The van der Waals surface area contributed by atoms with Crippen LogP contribution in [0.3, 0.4) is 0 Å². The van der Waals surface area contributed by atoms with Crippen molar-refractivity contribution in [3.05, 3.63) is 59.9 Å². The molecular formula is C18H18FN3O3. The maximum Gasteiger partial charge on any atom is 0.233 e. The van der Waals surface area contributed by atoms with Gasteiger partial charge in [0, 0.05) is 24.8 Å². The molecule has 0 aliphatic carbocycles. The van der Waals surface area contributed by atoms with Crippen molar-refractivity contribution in [1.29, 1.82) is 0 Å². The predicted molar refractivity (Wildman–Crippen MR) is 92.2 cm³/mol. The van der Waals surface area contributed by atoms with Crippen LogP contribution >= 0.6 is 0 Å². The zero-order valence-electron chi connectivity index (χ0n) is 13.6. The van der Waals surface area contributed by atoms with Crippen molar-refractivity contribution in [2.75, 3.05) is 10.6 Å². The van der Waals surface area contributed by atoms with Gasteiger partial charge in [0.2, 0.25) is 17.7 Å². The monoisotopic (exact) mass is 343 g/mol. The smallest absolute Gasteiger partial charge is 0.233 e. The normalized spacial score (nSPS) is 10.0. The summed E-state index contributed by atoms with van der Waals surface area (Å²) in [6.07, 6.45) is -0.325. The molecule has 0 aliphatic heterocycles. The van der Waals surface area contributed by atoms with Gasteiger partial charge in [-0.3, -0.25) is 14.4 Å². The van der Waals surface area contributed by atoms with E-state index >= 15 is 0 Å². The number of benzene rings is 2. The van der Waals surface area contributed by atoms with E-state index in [0.29, 0.717) is 11.4 Å². The van der Waals surface area contributed by atoms with Gasteiger partial charge in [0.15, 0.2) is 0 Å². The summed E-state index contributed by atoms with van der Waals surface area (Å²) in [6.45, 7) is 1.62. The third kappa shape index (κ3) is 6.42. The average Bonchev–Trinajstić information content (AvgIpc) is 2.55. The highest BCUT2D eigenvalue weighted by Gasteiger charge is 2.09. The van der Waals surface area contributed by atoms with Gasteiger partial charge in [-0.25, -0.2) is 4.39 Å². The Morgan fingerprint density at radius 2 is 1.40 bits per heavy atom. The van der Waals surface area contributed by atoms with E-state index in [-0.39, 0.29) is 24.7 Å². The summed E-state index contributed by atoms with van der Waals surface area (Å²) in [5, 5.41) is 7.81. The van der Waals surface area contributed by atoms with Gasteiger partial charge in [-0.15, -0.1) is 0 Å². The maximum absolute atomic E-state index is 12.8. The zero-order valence-corrected chi connectivity index (χ0v) is 13.6. The Balaban J connectivity index is 1.78. The molecule has 130 valence electrons. The Morgan fingerprint density at radius 1 is 0.840 bits per heavy atom. The minimum atomic E-state index is -0.455. The van der Waals surface area contributed by atoms with E-state index in [4.69, 9.17) is 0 Å². The second kappa shape index (κ2) is 8.58. The van der Waals surface area contributed by atoms with E-state index in [1.165, 1.54) is 19.1 Å². The standard InChI is InChI=1S/C18H18FN3O3/c1-12(23)21-15-6-8-16(9-7-15)22-18(25)10-17(24)20-11-13-2-4-14(19)5-3-13/h2-9H,10-11H2,1H3,(H,20,24)(H,21,23)(H,22,25). The zero-order chi connectivity index (χ0) is 18.2. The molecule has 3 N–H and O–H groups in total. The third-order valence-electron chi connectivity index (χ3n) is 3.21. The van der Waals surface area contributed by atoms with Crippen molar-refractivity contribution >= 4 is 29.1 Å². The van der Waals surface area contributed by atoms with E-state index < -0.39 is 11.8 Å². The lowest BCUT2D eigenvalue weighted by Crippen LogP contribution is -2.27. The third-order valence-corrected chi connectivity index (χ3v) is 3.21. The molecule has 0 saturated heterocycles. The molecule has 0 radical (unpaired) electrons. The first-order valence-corrected chi connectivity index (χ1v) is 7.61. The van der Waals surface area contributed by atoms with Crippen molar-refractivity contribution in [3.8, 4) is 0 Å². The summed E-state index contributed by atoms with van der Waals surface area (Å²) in [5.41, 5.74) is 1.87. The number of carbonyl (C=O) groups excluding carboxylic acids is 3. The molecule has 0 unspecified atom stereocenters. The summed E-state index contributed by atoms with van der Waals surface area (Å²) in [4.78, 5) is 34.6. The van der Waals surface area contributed by atoms with Crippen LogP contribution in [0, 0.1) is 5.82 Å². The molecule has 0 saturated carbocycles. The second-order valence-corrected chi connectivity index (χ2v) is 5.39. The number of rotatable bonds is 6. The molecule has 6 nitrogen and oxygen atoms in total. The molecular weight excluding hydrogens is 325 g/mol. The van der Waals surface area contributed by atoms with Gasteiger partial charge in [-0.05, 0) is 42.0 Å². The highest BCUT2D eigenvalue weighted by molar-refractivity contribution is 6.03. The molecule has 0 atom stereocenters. The Morgan fingerprint density at radius 3 is 1.96 bits per heavy atom. The summed E-state index contributed by atoms with van der Waals surface area (Å²) >= 11 is 0. The molecule has 2 aromatic carbocycles. The van der Waals surface area contributed by atoms with Crippen molar-refractivity contribution in [3.63, 3.8) is 0 Å². The van der Waals surface area contributed by atoms with E-state index in [1.807, 2.05) is 0 Å². The number of hydrogen-bond acceptors (Lipinski definition) is 3. The molecule has 3 amide bonds. The van der Waals surface area contributed by atoms with Crippen LogP contribution in [0.2, 0.25) is 0 Å². The minimum absolute atomic E-state index is 0.186. The van der Waals surface area contributed by atoms with E-state index in [1.54, 1.807) is 36.4 Å². The molecule has 0 bridgehead atoms. The van der Waals surface area contributed by atoms with Crippen LogP contribution in [0.5, 0.6) is 0 Å². The molecule has 0 aromatic heterocycles. The van der Waals surface area contributed by atoms with E-state index in [9.17, 15) is 18.8 Å². The van der Waals surface area contributed by atoms with Crippen LogP contribution in [-0.2, 0) is 20.9 Å². The number of halogens is 1. The molecule has 0 fully saturated rings. The Labute approximate surface area is 144 Å². The SMILES string of the molecule is CC(=O)Nc1ccc(NC(=O)CC(=O)NCc2ccc(F)cc2)cc1. The first kappa shape index (κ1) is 18.1. The fourth-order valence-electron chi connectivity index (χ4n) is 2.06. The topological polar surface area (TPSA) is 87.3 Å². The highest BCUT2D eigenvalue weighted by Crippen LogP contribution is 2.13. The average molecular weight is 343 g/mol. The number of amides is 3. The second-order valence-electron chi connectivity index (χ2n) is 5.39. The number of carbonyl (C=O) groups is 3. The summed E-state index contributed by atoms with van der Waals surface area (Å²) in [6, 6.07) is 12.3. The Hall–Kier alpha value is -3.22. The molecule has 0 spiro atoms. The van der Waals surface area contributed by atoms with Crippen LogP contribution in [-0.4, -0.2) is 17.7 Å². The van der Waals surface area contributed by atoms with Gasteiger partial charge in [0.05, 0.1) is 0 Å². The van der Waals surface area contributed by atoms with Crippen LogP contribution in [0.25, 0.3) is 0 Å². The highest BCUT2D eigenvalue weighted by atomic mass is 19.1. The molecule has 25 heavy (non-hydrogen) atoms. The van der Waals surface area contributed by atoms with Gasteiger partial charge in [-0.2, -0.15) is 0 Å². The Bertz CT molecular complexity index is 758. The molecule has 0 aliphatic rings. The predicted octanol–water partition coefficient (Wildman–Crippen LogP) is 2.43. The lowest BCUT2D eigenvalue weighted by atomic mass is 10.2. The van der Waals surface area contributed by atoms with Gasteiger partial charge >= 0.3 is 0 Å². The fourth-order valence-corrected chi connectivity index (χ4v) is 2.06. The summed E-state index contributed by atoms with van der Waals surface area (Å²) in [7, 11) is 0. The summed E-state index contributed by atoms with van der Waals surface area (Å²) in [5.74, 6) is -1.42. The van der Waals surface area contributed by atoms with Gasteiger partial charge in [-0.1, -0.05) is 12.1 Å². The molecule has 0 heterocycles. The Kier molecular flexibility index (Phi) is 6.22. The molecule has 7 heteroatoms. The number of hydrogen-bond donors (Lipinski definition) is 3. The minimum Gasteiger partial charge on any atom is -0.352 e. The van der Waals surface area contributed by atoms with Crippen LogP contribution in [0.1, 0.15) is 18.9 Å². The van der Waals surface area contributed by atoms with Crippen LogP contribution in [0.15, 0.2) is 48.5 Å². The number of nitrogens with one attached hydrogen (secondary N) is 3. The van der Waals surface area contributed by atoms with Crippen LogP contribution < -0.4 is 16.0 Å².